The fourth-order valence-corrected chi connectivity index (χ4v) is 11.5. The Labute approximate surface area is 381 Å². The molecule has 11 aromatic carbocycles. The zero-order chi connectivity index (χ0) is 42.8. The molecule has 0 radical (unpaired) electrons. The quantitative estimate of drug-likeness (QED) is 0.155. The van der Waals surface area contributed by atoms with Gasteiger partial charge in [-0.3, -0.25) is 0 Å². The Bertz CT molecular complexity index is 3940. The average molecular weight is 845 g/mol. The van der Waals surface area contributed by atoms with Crippen molar-refractivity contribution in [3.8, 4) is 39.1 Å². The number of benzene rings is 11. The number of hydrogen-bond acceptors (Lipinski definition) is 2. The minimum Gasteiger partial charge on any atom is -0.309 e. The molecule has 0 amide bonds. The zero-order valence-electron chi connectivity index (χ0n) is 35.4. The molecule has 2 heterocycles. The van der Waals surface area contributed by atoms with Crippen LogP contribution < -0.4 is 4.90 Å². The fourth-order valence-electron chi connectivity index (χ4n) is 10.2. The highest BCUT2D eigenvalue weighted by atomic mass is 32.1. The molecule has 0 aliphatic carbocycles. The normalized spacial score (nSPS) is 11.7. The van der Waals surface area contributed by atoms with Gasteiger partial charge in [0.05, 0.1) is 28.1 Å². The maximum atomic E-state index is 2.51. The second kappa shape index (κ2) is 15.2. The second-order valence-corrected chi connectivity index (χ2v) is 17.9. The number of anilines is 3. The number of nitrogens with zero attached hydrogens (tertiary/aromatic N) is 2. The number of fused-ring (bicyclic) bond motifs is 9. The summed E-state index contributed by atoms with van der Waals surface area (Å²) in [5, 5.41) is 10.0. The fraction of sp³-hybridized carbons (Fsp3) is 0. The van der Waals surface area contributed by atoms with Crippen molar-refractivity contribution < 1.29 is 0 Å². The number of aromatic nitrogens is 1. The van der Waals surface area contributed by atoms with Crippen LogP contribution in [0.3, 0.4) is 0 Å². The Hall–Kier alpha value is -8.24. The number of para-hydroxylation sites is 2. The Morgan fingerprint density at radius 1 is 0.338 bits per heavy atom. The predicted octanol–water partition coefficient (Wildman–Crippen LogP) is 17.9. The highest BCUT2D eigenvalue weighted by Gasteiger charge is 2.24. The molecule has 0 aliphatic heterocycles. The Morgan fingerprint density at radius 3 is 1.77 bits per heavy atom. The lowest BCUT2D eigenvalue weighted by Gasteiger charge is -2.29. The first-order valence-corrected chi connectivity index (χ1v) is 23.1. The molecular weight excluding hydrogens is 805 g/mol. The third-order valence-corrected chi connectivity index (χ3v) is 14.4. The maximum absolute atomic E-state index is 2.51. The van der Waals surface area contributed by atoms with E-state index in [1.807, 2.05) is 11.3 Å². The van der Waals surface area contributed by atoms with Gasteiger partial charge in [0.15, 0.2) is 0 Å². The summed E-state index contributed by atoms with van der Waals surface area (Å²) in [6, 6.07) is 89.0. The van der Waals surface area contributed by atoms with Crippen molar-refractivity contribution >= 4 is 91.9 Å². The first-order valence-electron chi connectivity index (χ1n) is 22.3. The largest absolute Gasteiger partial charge is 0.309 e. The molecule has 0 unspecified atom stereocenters. The number of hydrogen-bond donors (Lipinski definition) is 0. The van der Waals surface area contributed by atoms with Crippen LogP contribution in [0.4, 0.5) is 17.1 Å². The van der Waals surface area contributed by atoms with Crippen molar-refractivity contribution in [2.75, 3.05) is 4.90 Å². The summed E-state index contributed by atoms with van der Waals surface area (Å²) in [5.74, 6) is 0. The van der Waals surface area contributed by atoms with Crippen molar-refractivity contribution in [1.29, 1.82) is 0 Å². The molecule has 0 saturated carbocycles. The molecule has 0 bridgehead atoms. The number of thiophene rings is 1. The van der Waals surface area contributed by atoms with E-state index >= 15 is 0 Å². The van der Waals surface area contributed by atoms with Crippen LogP contribution in [0.25, 0.3) is 103 Å². The first-order chi connectivity index (χ1) is 32.3. The molecule has 13 rings (SSSR count). The van der Waals surface area contributed by atoms with E-state index in [4.69, 9.17) is 0 Å². The highest BCUT2D eigenvalue weighted by molar-refractivity contribution is 7.26. The molecule has 0 aliphatic rings. The summed E-state index contributed by atoms with van der Waals surface area (Å²) >= 11 is 1.89. The van der Waals surface area contributed by atoms with Crippen molar-refractivity contribution in [2.24, 2.45) is 0 Å². The molecule has 13 aromatic rings. The van der Waals surface area contributed by atoms with Gasteiger partial charge >= 0.3 is 0 Å². The van der Waals surface area contributed by atoms with E-state index in [2.05, 4.69) is 252 Å². The van der Waals surface area contributed by atoms with E-state index in [0.29, 0.717) is 0 Å². The minimum absolute atomic E-state index is 1.11. The molecule has 0 N–H and O–H groups in total. The van der Waals surface area contributed by atoms with Crippen molar-refractivity contribution in [1.82, 2.24) is 4.57 Å². The van der Waals surface area contributed by atoms with Gasteiger partial charge in [-0.1, -0.05) is 200 Å². The van der Waals surface area contributed by atoms with Crippen molar-refractivity contribution in [2.45, 2.75) is 0 Å². The van der Waals surface area contributed by atoms with Crippen molar-refractivity contribution in [3.05, 3.63) is 243 Å². The molecular formula is C62H40N2S. The Morgan fingerprint density at radius 2 is 0.938 bits per heavy atom. The smallest absolute Gasteiger partial charge is 0.0562 e. The molecule has 0 atom stereocenters. The molecule has 2 aromatic heterocycles. The van der Waals surface area contributed by atoms with Gasteiger partial charge in [0.25, 0.3) is 0 Å². The lowest BCUT2D eigenvalue weighted by molar-refractivity contribution is 1.20. The van der Waals surface area contributed by atoms with Gasteiger partial charge in [-0.15, -0.1) is 11.3 Å². The summed E-state index contributed by atoms with van der Waals surface area (Å²) in [6.45, 7) is 0. The standard InChI is InChI=1S/C62H40N2S/c1-3-16-41(17-4-1)42-30-32-45(33-31-42)48-21-11-13-26-55(48)63(46-35-37-52-53-36-34-44-20-7-8-22-49(44)62(53)65-60(52)40-46)58-28-15-29-59-61(58)54-25-12-14-27-56(54)64(59)57-39-38-47(43-18-5-2-6-19-43)50-23-9-10-24-51(50)57/h1-40H. The van der Waals surface area contributed by atoms with E-state index in [0.717, 1.165) is 33.8 Å². The predicted molar refractivity (Wildman–Crippen MR) is 280 cm³/mol. The van der Waals surface area contributed by atoms with Gasteiger partial charge in [0.1, 0.15) is 0 Å². The average Bonchev–Trinajstić information content (AvgIpc) is 3.93. The minimum atomic E-state index is 1.11. The zero-order valence-corrected chi connectivity index (χ0v) is 36.2. The van der Waals surface area contributed by atoms with Crippen LogP contribution in [0.1, 0.15) is 0 Å². The SMILES string of the molecule is c1ccc(-c2ccc(-c3ccccc3N(c3ccc4c(c3)sc3c5ccccc5ccc43)c3cccc4c3c3ccccc3n4-c3ccc(-c4ccccc4)c4ccccc34)cc2)cc1. The summed E-state index contributed by atoms with van der Waals surface area (Å²) in [7, 11) is 0. The first kappa shape index (κ1) is 37.3. The topological polar surface area (TPSA) is 8.17 Å². The van der Waals surface area contributed by atoms with E-state index in [9.17, 15) is 0 Å². The van der Waals surface area contributed by atoms with Crippen molar-refractivity contribution in [3.63, 3.8) is 0 Å². The third-order valence-electron chi connectivity index (χ3n) is 13.2. The molecule has 0 spiro atoms. The van der Waals surface area contributed by atoms with Gasteiger partial charge in [-0.2, -0.15) is 0 Å². The molecule has 2 nitrogen and oxygen atoms in total. The van der Waals surface area contributed by atoms with Crippen LogP contribution in [0.15, 0.2) is 243 Å². The second-order valence-electron chi connectivity index (χ2n) is 16.8. The lowest BCUT2D eigenvalue weighted by atomic mass is 9.97. The summed E-state index contributed by atoms with van der Waals surface area (Å²) in [4.78, 5) is 2.51. The van der Waals surface area contributed by atoms with Crippen LogP contribution in [0, 0.1) is 0 Å². The molecule has 0 saturated heterocycles. The Kier molecular flexibility index (Phi) is 8.75. The van der Waals surface area contributed by atoms with E-state index < -0.39 is 0 Å². The summed E-state index contributed by atoms with van der Waals surface area (Å²) < 4.78 is 5.08. The third kappa shape index (κ3) is 6.08. The number of rotatable bonds is 7. The molecule has 304 valence electrons. The van der Waals surface area contributed by atoms with Crippen LogP contribution in [-0.2, 0) is 0 Å². The molecule has 3 heteroatoms. The molecule has 65 heavy (non-hydrogen) atoms. The van der Waals surface area contributed by atoms with E-state index in [-0.39, 0.29) is 0 Å². The van der Waals surface area contributed by atoms with E-state index in [1.165, 1.54) is 85.8 Å². The van der Waals surface area contributed by atoms with Gasteiger partial charge in [-0.25, -0.2) is 0 Å². The van der Waals surface area contributed by atoms with E-state index in [1.54, 1.807) is 0 Å². The van der Waals surface area contributed by atoms with Gasteiger partial charge in [0.2, 0.25) is 0 Å². The van der Waals surface area contributed by atoms with Crippen LogP contribution in [-0.4, -0.2) is 4.57 Å². The highest BCUT2D eigenvalue weighted by Crippen LogP contribution is 2.49. The van der Waals surface area contributed by atoms with Crippen LogP contribution >= 0.6 is 11.3 Å². The van der Waals surface area contributed by atoms with Crippen LogP contribution in [0.2, 0.25) is 0 Å². The maximum Gasteiger partial charge on any atom is 0.0562 e. The van der Waals surface area contributed by atoms with Crippen LogP contribution in [0.5, 0.6) is 0 Å². The summed E-state index contributed by atoms with van der Waals surface area (Å²) in [6.07, 6.45) is 0. The lowest BCUT2D eigenvalue weighted by Crippen LogP contribution is -2.11. The Balaban J connectivity index is 1.07. The van der Waals surface area contributed by atoms with Gasteiger partial charge in [0, 0.05) is 47.6 Å². The summed E-state index contributed by atoms with van der Waals surface area (Å²) in [5.41, 5.74) is 14.0. The monoisotopic (exact) mass is 844 g/mol. The van der Waals surface area contributed by atoms with Gasteiger partial charge in [-0.05, 0) is 86.4 Å². The molecule has 0 fully saturated rings. The van der Waals surface area contributed by atoms with Gasteiger partial charge < -0.3 is 9.47 Å².